The van der Waals surface area contributed by atoms with Crippen LogP contribution < -0.4 is 14.8 Å². The van der Waals surface area contributed by atoms with E-state index in [0.717, 1.165) is 24.3 Å². The van der Waals surface area contributed by atoms with Crippen molar-refractivity contribution >= 4 is 0 Å². The van der Waals surface area contributed by atoms with Gasteiger partial charge in [0.15, 0.2) is 0 Å². The molecule has 0 radical (unpaired) electrons. The SMILES string of the molecule is CCCC(C)Oc1ccc2c(c1)OCC2NC. The second-order valence-corrected chi connectivity index (χ2v) is 4.57. The van der Waals surface area contributed by atoms with Crippen LogP contribution in [0.2, 0.25) is 0 Å². The Kier molecular flexibility index (Phi) is 3.89. The number of hydrogen-bond acceptors (Lipinski definition) is 3. The van der Waals surface area contributed by atoms with Gasteiger partial charge in [-0.05, 0) is 32.5 Å². The van der Waals surface area contributed by atoms with Crippen LogP contribution in [0.15, 0.2) is 18.2 Å². The highest BCUT2D eigenvalue weighted by molar-refractivity contribution is 5.45. The van der Waals surface area contributed by atoms with E-state index in [1.807, 2.05) is 19.2 Å². The molecule has 0 aromatic heterocycles. The molecule has 0 bridgehead atoms. The topological polar surface area (TPSA) is 30.5 Å². The van der Waals surface area contributed by atoms with Crippen molar-refractivity contribution in [1.29, 1.82) is 0 Å². The molecule has 2 unspecified atom stereocenters. The number of likely N-dealkylation sites (N-methyl/N-ethyl adjacent to an activating group) is 1. The third-order valence-electron chi connectivity index (χ3n) is 3.15. The molecule has 3 heteroatoms. The molecule has 2 rings (SSSR count). The summed E-state index contributed by atoms with van der Waals surface area (Å²) in [6.07, 6.45) is 2.49. The van der Waals surface area contributed by atoms with Gasteiger partial charge < -0.3 is 14.8 Å². The Balaban J connectivity index is 2.07. The fourth-order valence-corrected chi connectivity index (χ4v) is 2.20. The van der Waals surface area contributed by atoms with Gasteiger partial charge in [-0.15, -0.1) is 0 Å². The Hall–Kier alpha value is -1.22. The molecule has 1 aromatic rings. The van der Waals surface area contributed by atoms with E-state index in [9.17, 15) is 0 Å². The zero-order chi connectivity index (χ0) is 12.3. The molecular weight excluding hydrogens is 214 g/mol. The zero-order valence-electron chi connectivity index (χ0n) is 10.8. The lowest BCUT2D eigenvalue weighted by Crippen LogP contribution is -2.17. The molecule has 0 fully saturated rings. The van der Waals surface area contributed by atoms with E-state index in [1.165, 1.54) is 5.56 Å². The molecule has 1 N–H and O–H groups in total. The first kappa shape index (κ1) is 12.2. The molecule has 1 aromatic carbocycles. The number of rotatable bonds is 5. The van der Waals surface area contributed by atoms with Crippen molar-refractivity contribution in [3.05, 3.63) is 23.8 Å². The van der Waals surface area contributed by atoms with Crippen LogP contribution in [-0.2, 0) is 0 Å². The van der Waals surface area contributed by atoms with Crippen LogP contribution in [0, 0.1) is 0 Å². The van der Waals surface area contributed by atoms with Crippen molar-refractivity contribution in [2.45, 2.75) is 38.8 Å². The second-order valence-electron chi connectivity index (χ2n) is 4.57. The average molecular weight is 235 g/mol. The van der Waals surface area contributed by atoms with E-state index < -0.39 is 0 Å². The predicted molar refractivity (Wildman–Crippen MR) is 68.7 cm³/mol. The van der Waals surface area contributed by atoms with Crippen molar-refractivity contribution in [3.63, 3.8) is 0 Å². The van der Waals surface area contributed by atoms with Gasteiger partial charge in [-0.1, -0.05) is 13.3 Å². The van der Waals surface area contributed by atoms with Crippen LogP contribution in [0.25, 0.3) is 0 Å². The van der Waals surface area contributed by atoms with E-state index in [4.69, 9.17) is 9.47 Å². The van der Waals surface area contributed by atoms with Crippen molar-refractivity contribution in [2.75, 3.05) is 13.7 Å². The number of ether oxygens (including phenoxy) is 2. The Morgan fingerprint density at radius 1 is 1.53 bits per heavy atom. The van der Waals surface area contributed by atoms with E-state index in [2.05, 4.69) is 25.2 Å². The van der Waals surface area contributed by atoms with Gasteiger partial charge in [-0.2, -0.15) is 0 Å². The minimum Gasteiger partial charge on any atom is -0.491 e. The Bertz CT molecular complexity index is 378. The van der Waals surface area contributed by atoms with E-state index in [1.54, 1.807) is 0 Å². The fraction of sp³-hybridized carbons (Fsp3) is 0.571. The standard InChI is InChI=1S/C14H21NO2/c1-4-5-10(2)17-11-6-7-12-13(15-3)9-16-14(12)8-11/h6-8,10,13,15H,4-5,9H2,1-3H3. The summed E-state index contributed by atoms with van der Waals surface area (Å²) in [6, 6.07) is 6.44. The average Bonchev–Trinajstić information content (AvgIpc) is 2.71. The van der Waals surface area contributed by atoms with Crippen molar-refractivity contribution in [3.8, 4) is 11.5 Å². The smallest absolute Gasteiger partial charge is 0.127 e. The lowest BCUT2D eigenvalue weighted by molar-refractivity contribution is 0.209. The quantitative estimate of drug-likeness (QED) is 0.851. The Morgan fingerprint density at radius 2 is 2.35 bits per heavy atom. The maximum Gasteiger partial charge on any atom is 0.127 e. The molecule has 0 saturated carbocycles. The highest BCUT2D eigenvalue weighted by Gasteiger charge is 2.23. The summed E-state index contributed by atoms with van der Waals surface area (Å²) in [4.78, 5) is 0. The number of nitrogens with one attached hydrogen (secondary N) is 1. The molecule has 1 heterocycles. The van der Waals surface area contributed by atoms with Crippen LogP contribution in [0.5, 0.6) is 11.5 Å². The predicted octanol–water partition coefficient (Wildman–Crippen LogP) is 2.91. The highest BCUT2D eigenvalue weighted by Crippen LogP contribution is 2.35. The minimum absolute atomic E-state index is 0.263. The van der Waals surface area contributed by atoms with Gasteiger partial charge in [0, 0.05) is 11.6 Å². The van der Waals surface area contributed by atoms with Gasteiger partial charge in [0.1, 0.15) is 18.1 Å². The lowest BCUT2D eigenvalue weighted by Gasteiger charge is -2.14. The third-order valence-corrected chi connectivity index (χ3v) is 3.15. The second kappa shape index (κ2) is 5.41. The van der Waals surface area contributed by atoms with Crippen LogP contribution in [-0.4, -0.2) is 19.8 Å². The van der Waals surface area contributed by atoms with Crippen LogP contribution >= 0.6 is 0 Å². The molecule has 0 amide bonds. The molecule has 3 nitrogen and oxygen atoms in total. The van der Waals surface area contributed by atoms with Gasteiger partial charge in [0.2, 0.25) is 0 Å². The summed E-state index contributed by atoms with van der Waals surface area (Å²) < 4.78 is 11.5. The number of fused-ring (bicyclic) bond motifs is 1. The van der Waals surface area contributed by atoms with Gasteiger partial charge in [0.05, 0.1) is 12.1 Å². The Morgan fingerprint density at radius 3 is 3.06 bits per heavy atom. The van der Waals surface area contributed by atoms with Crippen LogP contribution in [0.1, 0.15) is 38.3 Å². The molecule has 0 saturated heterocycles. The zero-order valence-corrected chi connectivity index (χ0v) is 10.8. The summed E-state index contributed by atoms with van der Waals surface area (Å²) in [5.41, 5.74) is 1.22. The van der Waals surface area contributed by atoms with Gasteiger partial charge in [-0.25, -0.2) is 0 Å². The van der Waals surface area contributed by atoms with Gasteiger partial charge in [0.25, 0.3) is 0 Å². The summed E-state index contributed by atoms with van der Waals surface area (Å²) in [5, 5.41) is 3.23. The first-order valence-corrected chi connectivity index (χ1v) is 6.35. The number of benzene rings is 1. The van der Waals surface area contributed by atoms with Crippen molar-refractivity contribution < 1.29 is 9.47 Å². The van der Waals surface area contributed by atoms with E-state index in [-0.39, 0.29) is 6.10 Å². The maximum atomic E-state index is 5.85. The first-order valence-electron chi connectivity index (χ1n) is 6.35. The normalized spacial score (nSPS) is 19.6. The summed E-state index contributed by atoms with van der Waals surface area (Å²) >= 11 is 0. The summed E-state index contributed by atoms with van der Waals surface area (Å²) in [5.74, 6) is 1.85. The van der Waals surface area contributed by atoms with Crippen LogP contribution in [0.4, 0.5) is 0 Å². The molecular formula is C14H21NO2. The monoisotopic (exact) mass is 235 g/mol. The largest absolute Gasteiger partial charge is 0.491 e. The summed E-state index contributed by atoms with van der Waals surface area (Å²) in [7, 11) is 1.96. The van der Waals surface area contributed by atoms with Crippen LogP contribution in [0.3, 0.4) is 0 Å². The molecule has 1 aliphatic heterocycles. The Labute approximate surface area is 103 Å². The van der Waals surface area contributed by atoms with Crippen molar-refractivity contribution in [1.82, 2.24) is 5.32 Å². The van der Waals surface area contributed by atoms with Gasteiger partial charge in [-0.3, -0.25) is 0 Å². The molecule has 94 valence electrons. The molecule has 0 spiro atoms. The minimum atomic E-state index is 0.263. The van der Waals surface area contributed by atoms with E-state index >= 15 is 0 Å². The molecule has 17 heavy (non-hydrogen) atoms. The lowest BCUT2D eigenvalue weighted by atomic mass is 10.1. The third kappa shape index (κ3) is 2.72. The van der Waals surface area contributed by atoms with Crippen molar-refractivity contribution in [2.24, 2.45) is 0 Å². The fourth-order valence-electron chi connectivity index (χ4n) is 2.20. The number of hydrogen-bond donors (Lipinski definition) is 1. The highest BCUT2D eigenvalue weighted by atomic mass is 16.5. The molecule has 1 aliphatic rings. The van der Waals surface area contributed by atoms with Gasteiger partial charge >= 0.3 is 0 Å². The molecule has 0 aliphatic carbocycles. The maximum absolute atomic E-state index is 5.85. The first-order chi connectivity index (χ1) is 8.24. The molecule has 2 atom stereocenters. The van der Waals surface area contributed by atoms with E-state index in [0.29, 0.717) is 12.6 Å². The summed E-state index contributed by atoms with van der Waals surface area (Å²) in [6.45, 7) is 4.98.